The second-order valence-electron chi connectivity index (χ2n) is 3.45. The van der Waals surface area contributed by atoms with Crippen molar-refractivity contribution in [2.24, 2.45) is 0 Å². The van der Waals surface area contributed by atoms with E-state index < -0.39 is 20.9 Å². The zero-order chi connectivity index (χ0) is 11.6. The number of halogens is 1. The lowest BCUT2D eigenvalue weighted by molar-refractivity contribution is 0.577. The Balaban J connectivity index is 3.23. The zero-order valence-electron chi connectivity index (χ0n) is 8.70. The summed E-state index contributed by atoms with van der Waals surface area (Å²) in [7, 11) is -3.42. The Kier molecular flexibility index (Phi) is 3.34. The highest BCUT2D eigenvalue weighted by atomic mass is 32.2. The van der Waals surface area contributed by atoms with Gasteiger partial charge in [-0.25, -0.2) is 12.8 Å². The second kappa shape index (κ2) is 4.18. The molecular formula is C10H14FNO2S. The Morgan fingerprint density at radius 1 is 1.47 bits per heavy atom. The molecule has 2 N–H and O–H groups in total. The Morgan fingerprint density at radius 3 is 2.53 bits per heavy atom. The molecule has 1 unspecified atom stereocenters. The van der Waals surface area contributed by atoms with Crippen molar-refractivity contribution in [1.82, 2.24) is 0 Å². The minimum atomic E-state index is -3.42. The Labute approximate surface area is 89.0 Å². The lowest BCUT2D eigenvalue weighted by Gasteiger charge is -2.10. The number of anilines is 1. The van der Waals surface area contributed by atoms with Crippen LogP contribution in [0.15, 0.2) is 23.1 Å². The molecule has 0 saturated heterocycles. The molecule has 3 nitrogen and oxygen atoms in total. The molecule has 15 heavy (non-hydrogen) atoms. The summed E-state index contributed by atoms with van der Waals surface area (Å²) in [6.07, 6.45) is 0.494. The first-order valence-electron chi connectivity index (χ1n) is 4.68. The molecule has 84 valence electrons. The first-order chi connectivity index (χ1) is 6.89. The molecule has 0 fully saturated rings. The predicted octanol–water partition coefficient (Wildman–Crippen LogP) is 1.98. The van der Waals surface area contributed by atoms with E-state index in [1.807, 2.05) is 0 Å². The van der Waals surface area contributed by atoms with Crippen LogP contribution in [0, 0.1) is 5.82 Å². The van der Waals surface area contributed by atoms with Gasteiger partial charge in [0.2, 0.25) is 0 Å². The van der Waals surface area contributed by atoms with Gasteiger partial charge in [-0.15, -0.1) is 0 Å². The lowest BCUT2D eigenvalue weighted by Crippen LogP contribution is -2.17. The van der Waals surface area contributed by atoms with E-state index in [1.165, 1.54) is 12.1 Å². The lowest BCUT2D eigenvalue weighted by atomic mass is 10.3. The minimum Gasteiger partial charge on any atom is -0.396 e. The summed E-state index contributed by atoms with van der Waals surface area (Å²) in [5, 5.41) is -0.513. The molecule has 0 spiro atoms. The van der Waals surface area contributed by atoms with E-state index in [9.17, 15) is 12.8 Å². The van der Waals surface area contributed by atoms with E-state index in [0.717, 1.165) is 6.07 Å². The van der Waals surface area contributed by atoms with Crippen molar-refractivity contribution in [2.75, 3.05) is 5.73 Å². The minimum absolute atomic E-state index is 0.0106. The van der Waals surface area contributed by atoms with Crippen LogP contribution in [0.3, 0.4) is 0 Å². The van der Waals surface area contributed by atoms with Gasteiger partial charge < -0.3 is 5.73 Å². The maximum absolute atomic E-state index is 13.1. The molecule has 0 saturated carbocycles. The zero-order valence-corrected chi connectivity index (χ0v) is 9.51. The van der Waals surface area contributed by atoms with Crippen molar-refractivity contribution in [3.8, 4) is 0 Å². The molecule has 5 heteroatoms. The van der Waals surface area contributed by atoms with Gasteiger partial charge >= 0.3 is 0 Å². The highest BCUT2D eigenvalue weighted by molar-refractivity contribution is 7.92. The molecule has 0 aliphatic carbocycles. The topological polar surface area (TPSA) is 60.2 Å². The molecule has 0 heterocycles. The number of hydrogen-bond donors (Lipinski definition) is 1. The van der Waals surface area contributed by atoms with Crippen molar-refractivity contribution < 1.29 is 12.8 Å². The number of rotatable bonds is 3. The van der Waals surface area contributed by atoms with E-state index in [0.29, 0.717) is 6.42 Å². The fraction of sp³-hybridized carbons (Fsp3) is 0.400. The van der Waals surface area contributed by atoms with E-state index in [2.05, 4.69) is 0 Å². The molecule has 1 aromatic rings. The third-order valence-corrected chi connectivity index (χ3v) is 4.71. The van der Waals surface area contributed by atoms with Gasteiger partial charge in [0.1, 0.15) is 5.82 Å². The first-order valence-corrected chi connectivity index (χ1v) is 6.23. The Morgan fingerprint density at radius 2 is 2.07 bits per heavy atom. The summed E-state index contributed by atoms with van der Waals surface area (Å²) in [4.78, 5) is -0.0106. The molecule has 1 rings (SSSR count). The van der Waals surface area contributed by atoms with Gasteiger partial charge in [-0.1, -0.05) is 6.92 Å². The molecule has 1 atom stereocenters. The molecule has 0 aromatic heterocycles. The van der Waals surface area contributed by atoms with Crippen molar-refractivity contribution in [3.63, 3.8) is 0 Å². The average molecular weight is 231 g/mol. The van der Waals surface area contributed by atoms with Crippen LogP contribution >= 0.6 is 0 Å². The van der Waals surface area contributed by atoms with E-state index in [-0.39, 0.29) is 10.6 Å². The van der Waals surface area contributed by atoms with Crippen LogP contribution < -0.4 is 5.73 Å². The average Bonchev–Trinajstić information content (AvgIpc) is 2.20. The van der Waals surface area contributed by atoms with Crippen LogP contribution in [0.25, 0.3) is 0 Å². The fourth-order valence-electron chi connectivity index (χ4n) is 1.14. The summed E-state index contributed by atoms with van der Waals surface area (Å²) in [6, 6.07) is 3.57. The van der Waals surface area contributed by atoms with Gasteiger partial charge in [0.25, 0.3) is 0 Å². The molecule has 0 radical (unpaired) electrons. The van der Waals surface area contributed by atoms with Gasteiger partial charge in [-0.3, -0.25) is 0 Å². The van der Waals surface area contributed by atoms with Crippen LogP contribution in [-0.2, 0) is 9.84 Å². The van der Waals surface area contributed by atoms with Crippen molar-refractivity contribution >= 4 is 15.5 Å². The standard InChI is InChI=1S/C10H14FNO2S/c1-3-7(2)15(13,14)8-4-5-10(12)9(11)6-8/h4-7H,3,12H2,1-2H3. The second-order valence-corrected chi connectivity index (χ2v) is 5.81. The van der Waals surface area contributed by atoms with Crippen molar-refractivity contribution in [2.45, 2.75) is 30.4 Å². The molecular weight excluding hydrogens is 217 g/mol. The van der Waals surface area contributed by atoms with Gasteiger partial charge in [0.05, 0.1) is 15.8 Å². The monoisotopic (exact) mass is 231 g/mol. The van der Waals surface area contributed by atoms with Crippen LogP contribution in [0.2, 0.25) is 0 Å². The number of nitrogens with two attached hydrogens (primary N) is 1. The van der Waals surface area contributed by atoms with Crippen LogP contribution in [-0.4, -0.2) is 13.7 Å². The van der Waals surface area contributed by atoms with E-state index in [4.69, 9.17) is 5.73 Å². The Hall–Kier alpha value is -1.10. The first kappa shape index (κ1) is 12.0. The van der Waals surface area contributed by atoms with Gasteiger partial charge in [-0.2, -0.15) is 0 Å². The Bertz CT molecular complexity index is 456. The number of hydrogen-bond acceptors (Lipinski definition) is 3. The predicted molar refractivity (Wildman–Crippen MR) is 57.8 cm³/mol. The third kappa shape index (κ3) is 2.28. The maximum atomic E-state index is 13.1. The van der Waals surface area contributed by atoms with Crippen LogP contribution in [0.4, 0.5) is 10.1 Å². The SMILES string of the molecule is CCC(C)S(=O)(=O)c1ccc(N)c(F)c1. The number of sulfone groups is 1. The van der Waals surface area contributed by atoms with Crippen molar-refractivity contribution in [3.05, 3.63) is 24.0 Å². The highest BCUT2D eigenvalue weighted by Crippen LogP contribution is 2.21. The molecule has 0 aliphatic rings. The molecule has 0 bridgehead atoms. The van der Waals surface area contributed by atoms with Crippen LogP contribution in [0.5, 0.6) is 0 Å². The third-order valence-electron chi connectivity index (χ3n) is 2.41. The summed E-state index contributed by atoms with van der Waals surface area (Å²) >= 11 is 0. The van der Waals surface area contributed by atoms with Gasteiger partial charge in [-0.05, 0) is 31.5 Å². The largest absolute Gasteiger partial charge is 0.396 e. The smallest absolute Gasteiger partial charge is 0.181 e. The fourth-order valence-corrected chi connectivity index (χ4v) is 2.57. The molecule has 1 aromatic carbocycles. The maximum Gasteiger partial charge on any atom is 0.181 e. The van der Waals surface area contributed by atoms with E-state index >= 15 is 0 Å². The highest BCUT2D eigenvalue weighted by Gasteiger charge is 2.22. The van der Waals surface area contributed by atoms with Gasteiger partial charge in [0.15, 0.2) is 9.84 Å². The summed E-state index contributed by atoms with van der Waals surface area (Å²) in [6.45, 7) is 3.37. The summed E-state index contributed by atoms with van der Waals surface area (Å²) in [5.74, 6) is -0.695. The number of benzene rings is 1. The van der Waals surface area contributed by atoms with Gasteiger partial charge in [0, 0.05) is 0 Å². The van der Waals surface area contributed by atoms with Crippen LogP contribution in [0.1, 0.15) is 20.3 Å². The normalized spacial score (nSPS) is 13.8. The molecule has 0 aliphatic heterocycles. The van der Waals surface area contributed by atoms with E-state index in [1.54, 1.807) is 13.8 Å². The van der Waals surface area contributed by atoms with Crippen molar-refractivity contribution in [1.29, 1.82) is 0 Å². The summed E-state index contributed by atoms with van der Waals surface area (Å²) < 4.78 is 36.7. The summed E-state index contributed by atoms with van der Waals surface area (Å²) in [5.41, 5.74) is 5.23. The molecule has 0 amide bonds. The number of nitrogen functional groups attached to an aromatic ring is 1. The quantitative estimate of drug-likeness (QED) is 0.809.